The zero-order valence-corrected chi connectivity index (χ0v) is 35.9. The van der Waals surface area contributed by atoms with Crippen molar-refractivity contribution < 1.29 is 28.0 Å². The molecule has 2 aromatic rings. The van der Waals surface area contributed by atoms with E-state index in [1.165, 1.54) is 34.7 Å². The number of fused-ring (bicyclic) bond motifs is 10. The van der Waals surface area contributed by atoms with E-state index >= 15 is 0 Å². The molecule has 4 saturated carbocycles. The maximum Gasteiger partial charge on any atom is 0.265 e. The highest BCUT2D eigenvalue weighted by Gasteiger charge is 2.57. The molecule has 4 fully saturated rings. The van der Waals surface area contributed by atoms with E-state index in [1.54, 1.807) is 24.5 Å². The van der Waals surface area contributed by atoms with E-state index in [1.807, 2.05) is 0 Å². The number of pyridine rings is 2. The summed E-state index contributed by atoms with van der Waals surface area (Å²) < 4.78 is 53.0. The summed E-state index contributed by atoms with van der Waals surface area (Å²) in [7, 11) is 0. The summed E-state index contributed by atoms with van der Waals surface area (Å²) in [6.45, 7) is 11.7. The first-order valence-corrected chi connectivity index (χ1v) is 22.3. The van der Waals surface area contributed by atoms with Crippen molar-refractivity contribution in [3.05, 3.63) is 118 Å². The summed E-state index contributed by atoms with van der Waals surface area (Å²) in [6.07, 6.45) is 25.3. The van der Waals surface area contributed by atoms with Crippen LogP contribution in [-0.4, -0.2) is 31.8 Å². The monoisotopic (exact) mass is 834 g/mol. The molecule has 8 aliphatic carbocycles. The zero-order chi connectivity index (χ0) is 43.1. The molecule has 2 heterocycles. The summed E-state index contributed by atoms with van der Waals surface area (Å²) in [6, 6.07) is 3.22. The van der Waals surface area contributed by atoms with E-state index in [0.29, 0.717) is 29.6 Å². The number of hydrogen-bond donors (Lipinski definition) is 2. The van der Waals surface area contributed by atoms with Crippen LogP contribution in [0.3, 0.4) is 0 Å². The molecule has 0 saturated heterocycles. The lowest BCUT2D eigenvalue weighted by Gasteiger charge is -2.57. The summed E-state index contributed by atoms with van der Waals surface area (Å²) in [4.78, 5) is 8.21. The molecule has 0 aliphatic heterocycles. The van der Waals surface area contributed by atoms with Crippen LogP contribution < -0.4 is 0 Å². The number of halogens is 4. The van der Waals surface area contributed by atoms with Gasteiger partial charge in [-0.3, -0.25) is 9.97 Å². The fraction of sp³-hybridized carbons (Fsp3) is 0.529. The smallest absolute Gasteiger partial charge is 0.265 e. The minimum Gasteiger partial charge on any atom is -0.411 e. The van der Waals surface area contributed by atoms with Gasteiger partial charge in [-0.05, 0) is 158 Å². The predicted octanol–water partition coefficient (Wildman–Crippen LogP) is 13.7. The average Bonchev–Trinajstić information content (AvgIpc) is 3.80. The van der Waals surface area contributed by atoms with Gasteiger partial charge in [0, 0.05) is 46.7 Å². The molecule has 322 valence electrons. The molecular weight excluding hydrogens is 777 g/mol. The van der Waals surface area contributed by atoms with Crippen molar-refractivity contribution in [1.82, 2.24) is 9.97 Å². The van der Waals surface area contributed by atoms with Crippen molar-refractivity contribution in [3.8, 4) is 0 Å². The van der Waals surface area contributed by atoms with Crippen LogP contribution in [0.4, 0.5) is 17.6 Å². The van der Waals surface area contributed by atoms with Crippen LogP contribution in [0.15, 0.2) is 106 Å². The Morgan fingerprint density at radius 3 is 1.66 bits per heavy atom. The Balaban J connectivity index is 0.000000156. The fourth-order valence-electron chi connectivity index (χ4n) is 14.0. The van der Waals surface area contributed by atoms with Crippen LogP contribution in [0, 0.1) is 51.2 Å². The van der Waals surface area contributed by atoms with E-state index in [-0.39, 0.29) is 32.8 Å². The molecule has 10 rings (SSSR count). The van der Waals surface area contributed by atoms with Gasteiger partial charge in [0.1, 0.15) is 0 Å². The highest BCUT2D eigenvalue weighted by Crippen LogP contribution is 2.67. The average molecular weight is 835 g/mol. The number of nitrogens with zero attached hydrogens (tertiary/aromatic N) is 4. The summed E-state index contributed by atoms with van der Waals surface area (Å²) in [5.41, 5.74) is 11.4. The zero-order valence-electron chi connectivity index (χ0n) is 35.9. The fourth-order valence-corrected chi connectivity index (χ4v) is 14.0. The van der Waals surface area contributed by atoms with E-state index < -0.39 is 12.9 Å². The predicted molar refractivity (Wildman–Crippen MR) is 231 cm³/mol. The molecule has 61 heavy (non-hydrogen) atoms. The molecule has 2 N–H and O–H groups in total. The van der Waals surface area contributed by atoms with Crippen LogP contribution >= 0.6 is 0 Å². The molecule has 6 nitrogen and oxygen atoms in total. The molecule has 9 atom stereocenters. The summed E-state index contributed by atoms with van der Waals surface area (Å²) in [5, 5.41) is 25.5. The van der Waals surface area contributed by atoms with Gasteiger partial charge in [-0.15, -0.1) is 0 Å². The van der Waals surface area contributed by atoms with Crippen LogP contribution in [0.25, 0.3) is 11.1 Å². The van der Waals surface area contributed by atoms with E-state index in [9.17, 15) is 28.0 Å². The van der Waals surface area contributed by atoms with Gasteiger partial charge >= 0.3 is 0 Å². The third-order valence-corrected chi connectivity index (χ3v) is 17.3. The normalized spacial score (nSPS) is 37.4. The molecule has 2 aromatic heterocycles. The van der Waals surface area contributed by atoms with Gasteiger partial charge in [-0.1, -0.05) is 91.5 Å². The third-order valence-electron chi connectivity index (χ3n) is 17.3. The highest BCUT2D eigenvalue weighted by molar-refractivity contribution is 5.97. The van der Waals surface area contributed by atoms with Crippen molar-refractivity contribution >= 4 is 22.6 Å². The van der Waals surface area contributed by atoms with Crippen LogP contribution in [0.1, 0.15) is 140 Å². The number of oxime groups is 2. The molecule has 0 radical (unpaired) electrons. The lowest BCUT2D eigenvalue weighted by atomic mass is 9.46. The maximum absolute atomic E-state index is 13.3. The van der Waals surface area contributed by atoms with Crippen LogP contribution in [0.2, 0.25) is 0 Å². The maximum atomic E-state index is 13.3. The van der Waals surface area contributed by atoms with E-state index in [0.717, 1.165) is 104 Å². The van der Waals surface area contributed by atoms with Crippen LogP contribution in [-0.2, 0) is 0 Å². The highest BCUT2D eigenvalue weighted by atomic mass is 19.3. The molecule has 0 amide bonds. The topological polar surface area (TPSA) is 91.0 Å². The second kappa shape index (κ2) is 15.3. The lowest BCUT2D eigenvalue weighted by molar-refractivity contribution is 0.0532. The van der Waals surface area contributed by atoms with Crippen molar-refractivity contribution in [2.45, 2.75) is 118 Å². The Labute approximate surface area is 357 Å². The Morgan fingerprint density at radius 2 is 1.11 bits per heavy atom. The number of rotatable bonds is 4. The van der Waals surface area contributed by atoms with Gasteiger partial charge in [-0.2, -0.15) is 0 Å². The first-order valence-electron chi connectivity index (χ1n) is 22.3. The molecule has 1 unspecified atom stereocenters. The Hall–Kier alpha value is -4.60. The van der Waals surface area contributed by atoms with Crippen molar-refractivity contribution in [2.75, 3.05) is 0 Å². The number of hydrogen-bond acceptors (Lipinski definition) is 6. The molecule has 8 aliphatic rings. The number of aromatic nitrogens is 2. The van der Waals surface area contributed by atoms with Crippen molar-refractivity contribution in [1.29, 1.82) is 0 Å². The standard InChI is InChI=1S/C26H30F2N2O.C25H28F2N2O/c1-15-10-19-21-5-4-20(16-11-17(24(27)28)14-29-13-16)25(21,2)9-7-22(19)26(3)8-6-18(30-31)12-23(15)26;1-24-9-7-18(29-30)12-17(24)3-4-19-21-6-5-20(25(21,2)10-8-22(19)24)15-11-16(23(26)27)14-28-13-15/h4-5,11-15,19,22,24,31H,6-10H2,1-3H3;5-6,11-14,19,22-23,30H,3-4,7-10H2,1-2H3/b30-18+;/t15?,19-,22-,25+,26+;19-,22-,24-,25+/m00/s1. The second-order valence-electron chi connectivity index (χ2n) is 20.1. The Morgan fingerprint density at radius 1 is 0.607 bits per heavy atom. The van der Waals surface area contributed by atoms with E-state index in [4.69, 9.17) is 0 Å². The molecule has 0 aromatic carbocycles. The first kappa shape index (κ1) is 41.7. The van der Waals surface area contributed by atoms with Gasteiger partial charge in [0.25, 0.3) is 12.9 Å². The van der Waals surface area contributed by atoms with Crippen molar-refractivity contribution in [2.24, 2.45) is 61.6 Å². The minimum atomic E-state index is -2.51. The van der Waals surface area contributed by atoms with Gasteiger partial charge in [-0.25, -0.2) is 17.6 Å². The van der Waals surface area contributed by atoms with Gasteiger partial charge in [0.2, 0.25) is 0 Å². The lowest BCUT2D eigenvalue weighted by Crippen LogP contribution is -2.49. The van der Waals surface area contributed by atoms with E-state index in [2.05, 4.69) is 91.4 Å². The van der Waals surface area contributed by atoms with Crippen molar-refractivity contribution in [3.63, 3.8) is 0 Å². The molecule has 0 spiro atoms. The number of allylic oxidation sites excluding steroid dienone is 12. The van der Waals surface area contributed by atoms with Gasteiger partial charge in [0.05, 0.1) is 11.4 Å². The van der Waals surface area contributed by atoms with Gasteiger partial charge < -0.3 is 10.4 Å². The minimum absolute atomic E-state index is 0.0114. The molecule has 10 heteroatoms. The first-order chi connectivity index (χ1) is 29.1. The second-order valence-corrected chi connectivity index (χ2v) is 20.1. The Kier molecular flexibility index (Phi) is 10.5. The summed E-state index contributed by atoms with van der Waals surface area (Å²) in [5.74, 6) is 2.57. The third kappa shape index (κ3) is 6.63. The molecule has 0 bridgehead atoms. The molecular formula is C51H58F4N4O2. The SMILES string of the molecule is CC1C[C@H]2C3=CC=C(c4cncc(C(F)F)c4)[C@@]3(C)CC[C@@H]2[C@@]2(C)CC/C(=N\O)C=C12.C[C@]12CC[C@H]3[C@@H](CCC4=CC(=NO)CC[C@@]43C)C1=CC=C2c1cncc(C(F)F)c1. The quantitative estimate of drug-likeness (QED) is 0.182. The largest absolute Gasteiger partial charge is 0.411 e. The Bertz CT molecular complexity index is 2370. The van der Waals surface area contributed by atoms with Crippen LogP contribution in [0.5, 0.6) is 0 Å². The van der Waals surface area contributed by atoms with Gasteiger partial charge in [0.15, 0.2) is 0 Å². The number of alkyl halides is 4. The summed E-state index contributed by atoms with van der Waals surface area (Å²) >= 11 is 0.